The fourth-order valence-corrected chi connectivity index (χ4v) is 0.430. The first kappa shape index (κ1) is 11.0. The van der Waals surface area contributed by atoms with Crippen LogP contribution in [0.4, 0.5) is 13.2 Å². The van der Waals surface area contributed by atoms with Gasteiger partial charge in [0.05, 0.1) is 0 Å². The van der Waals surface area contributed by atoms with E-state index in [9.17, 15) is 13.2 Å². The van der Waals surface area contributed by atoms with Crippen molar-refractivity contribution >= 4 is 6.21 Å². The molecule has 70 valence electrons. The average Bonchev–Trinajstić information content (AvgIpc) is 1.97. The number of allylic oxidation sites excluding steroid dienone is 2. The summed E-state index contributed by atoms with van der Waals surface area (Å²) in [6.45, 7) is 3.41. The van der Waals surface area contributed by atoms with Gasteiger partial charge in [0, 0.05) is 12.7 Å². The Morgan fingerprint density at radius 1 is 1.42 bits per heavy atom. The molecule has 0 fully saturated rings. The van der Waals surface area contributed by atoms with Crippen molar-refractivity contribution in [3.63, 3.8) is 0 Å². The molecule has 0 atom stereocenters. The molecule has 0 heterocycles. The molecule has 5 heteroatoms. The standard InChI is InChI=1S/C7H11F3N2/c1-4-6(2)12(3)11-5-7(8,9)10/h4-5H,1-3H3/b6-4+,11-5+. The van der Waals surface area contributed by atoms with Crippen LogP contribution in [-0.4, -0.2) is 24.4 Å². The van der Waals surface area contributed by atoms with Gasteiger partial charge in [-0.2, -0.15) is 18.3 Å². The van der Waals surface area contributed by atoms with Crippen LogP contribution in [0, 0.1) is 0 Å². The van der Waals surface area contributed by atoms with Crippen LogP contribution in [0.1, 0.15) is 13.8 Å². The number of hydrogen-bond donors (Lipinski definition) is 0. The molecular formula is C7H11F3N2. The van der Waals surface area contributed by atoms with Crippen LogP contribution in [0.5, 0.6) is 0 Å². The summed E-state index contributed by atoms with van der Waals surface area (Å²) in [5.41, 5.74) is 0.663. The minimum absolute atomic E-state index is 0.0417. The van der Waals surface area contributed by atoms with Crippen LogP contribution in [0.15, 0.2) is 16.9 Å². The minimum atomic E-state index is -4.34. The summed E-state index contributed by atoms with van der Waals surface area (Å²) in [5.74, 6) is 0. The molecule has 0 amide bonds. The Balaban J connectivity index is 4.18. The van der Waals surface area contributed by atoms with Gasteiger partial charge in [0.15, 0.2) is 0 Å². The molecule has 0 unspecified atom stereocenters. The predicted molar refractivity (Wildman–Crippen MR) is 41.7 cm³/mol. The van der Waals surface area contributed by atoms with Gasteiger partial charge >= 0.3 is 6.18 Å². The van der Waals surface area contributed by atoms with Gasteiger partial charge in [-0.1, -0.05) is 6.08 Å². The summed E-state index contributed by atoms with van der Waals surface area (Å²) in [6.07, 6.45) is -2.71. The lowest BCUT2D eigenvalue weighted by atomic mass is 10.4. The van der Waals surface area contributed by atoms with Crippen molar-refractivity contribution in [2.24, 2.45) is 5.10 Å². The second-order valence-corrected chi connectivity index (χ2v) is 2.24. The fourth-order valence-electron chi connectivity index (χ4n) is 0.430. The van der Waals surface area contributed by atoms with Gasteiger partial charge in [-0.25, -0.2) is 0 Å². The van der Waals surface area contributed by atoms with Gasteiger partial charge in [0.1, 0.15) is 6.21 Å². The van der Waals surface area contributed by atoms with Gasteiger partial charge in [-0.3, -0.25) is 5.01 Å². The highest BCUT2D eigenvalue weighted by Crippen LogP contribution is 2.11. The van der Waals surface area contributed by atoms with E-state index in [0.29, 0.717) is 5.70 Å². The highest BCUT2D eigenvalue weighted by atomic mass is 19.4. The minimum Gasteiger partial charge on any atom is -0.273 e. The predicted octanol–water partition coefficient (Wildman–Crippen LogP) is 2.39. The van der Waals surface area contributed by atoms with E-state index in [1.54, 1.807) is 19.9 Å². The summed E-state index contributed by atoms with van der Waals surface area (Å²) in [4.78, 5) is 0. The van der Waals surface area contributed by atoms with Crippen LogP contribution in [0.2, 0.25) is 0 Å². The van der Waals surface area contributed by atoms with Gasteiger partial charge in [0.25, 0.3) is 0 Å². The first-order chi connectivity index (χ1) is 5.37. The van der Waals surface area contributed by atoms with Crippen LogP contribution in [0.25, 0.3) is 0 Å². The van der Waals surface area contributed by atoms with Crippen LogP contribution < -0.4 is 0 Å². The topological polar surface area (TPSA) is 15.6 Å². The van der Waals surface area contributed by atoms with Crippen molar-refractivity contribution in [2.75, 3.05) is 7.05 Å². The van der Waals surface area contributed by atoms with Crippen molar-refractivity contribution < 1.29 is 13.2 Å². The molecule has 0 aliphatic heterocycles. The van der Waals surface area contributed by atoms with Crippen molar-refractivity contribution in [3.05, 3.63) is 11.8 Å². The maximum absolute atomic E-state index is 11.6. The van der Waals surface area contributed by atoms with E-state index in [2.05, 4.69) is 5.10 Å². The van der Waals surface area contributed by atoms with E-state index in [0.717, 1.165) is 5.01 Å². The molecule has 2 nitrogen and oxygen atoms in total. The molecule has 0 saturated heterocycles. The highest BCUT2D eigenvalue weighted by molar-refractivity contribution is 5.63. The largest absolute Gasteiger partial charge is 0.428 e. The van der Waals surface area contributed by atoms with Gasteiger partial charge in [-0.05, 0) is 13.8 Å². The highest BCUT2D eigenvalue weighted by Gasteiger charge is 2.24. The third kappa shape index (κ3) is 4.76. The normalized spacial score (nSPS) is 14.0. The number of hydrogen-bond acceptors (Lipinski definition) is 2. The number of hydrazone groups is 1. The summed E-state index contributed by atoms with van der Waals surface area (Å²) < 4.78 is 34.8. The Bertz CT molecular complexity index is 193. The van der Waals surface area contributed by atoms with E-state index >= 15 is 0 Å². The first-order valence-electron chi connectivity index (χ1n) is 3.35. The lowest BCUT2D eigenvalue weighted by Gasteiger charge is -2.12. The molecule has 0 aliphatic carbocycles. The lowest BCUT2D eigenvalue weighted by Crippen LogP contribution is -2.14. The Morgan fingerprint density at radius 3 is 2.25 bits per heavy atom. The van der Waals surface area contributed by atoms with Crippen LogP contribution in [0.3, 0.4) is 0 Å². The second-order valence-electron chi connectivity index (χ2n) is 2.24. The van der Waals surface area contributed by atoms with E-state index in [1.165, 1.54) is 7.05 Å². The molecular weight excluding hydrogens is 169 g/mol. The quantitative estimate of drug-likeness (QED) is 0.470. The molecule has 0 rings (SSSR count). The molecule has 0 N–H and O–H groups in total. The number of nitrogens with zero attached hydrogens (tertiary/aromatic N) is 2. The number of rotatable bonds is 2. The molecule has 0 aromatic rings. The molecule has 0 radical (unpaired) electrons. The Kier molecular flexibility index (Phi) is 3.79. The third-order valence-electron chi connectivity index (χ3n) is 1.31. The first-order valence-corrected chi connectivity index (χ1v) is 3.35. The van der Waals surface area contributed by atoms with E-state index < -0.39 is 6.18 Å². The summed E-state index contributed by atoms with van der Waals surface area (Å²) in [5, 5.41) is 4.34. The molecule has 0 aromatic heterocycles. The zero-order chi connectivity index (χ0) is 9.78. The second kappa shape index (κ2) is 4.13. The zero-order valence-corrected chi connectivity index (χ0v) is 7.18. The Hall–Kier alpha value is -1.00. The molecule has 0 aromatic carbocycles. The smallest absolute Gasteiger partial charge is 0.273 e. The van der Waals surface area contributed by atoms with Crippen molar-refractivity contribution in [2.45, 2.75) is 20.0 Å². The van der Waals surface area contributed by atoms with Crippen LogP contribution >= 0.6 is 0 Å². The van der Waals surface area contributed by atoms with E-state index in [4.69, 9.17) is 0 Å². The van der Waals surface area contributed by atoms with Crippen LogP contribution in [-0.2, 0) is 0 Å². The fraction of sp³-hybridized carbons (Fsp3) is 0.571. The number of halogens is 3. The summed E-state index contributed by atoms with van der Waals surface area (Å²) >= 11 is 0. The third-order valence-corrected chi connectivity index (χ3v) is 1.31. The summed E-state index contributed by atoms with van der Waals surface area (Å²) in [6, 6.07) is 0. The number of alkyl halides is 3. The average molecular weight is 180 g/mol. The maximum atomic E-state index is 11.6. The maximum Gasteiger partial charge on any atom is 0.428 e. The van der Waals surface area contributed by atoms with Gasteiger partial charge < -0.3 is 0 Å². The lowest BCUT2D eigenvalue weighted by molar-refractivity contribution is -0.0545. The molecule has 0 bridgehead atoms. The molecule has 12 heavy (non-hydrogen) atoms. The monoisotopic (exact) mass is 180 g/mol. The van der Waals surface area contributed by atoms with Gasteiger partial charge in [-0.15, -0.1) is 0 Å². The SMILES string of the molecule is C/C=C(\C)N(C)/N=C/C(F)(F)F. The summed E-state index contributed by atoms with van der Waals surface area (Å²) in [7, 11) is 1.46. The molecule has 0 spiro atoms. The Morgan fingerprint density at radius 2 is 1.92 bits per heavy atom. The molecule has 0 aliphatic rings. The zero-order valence-electron chi connectivity index (χ0n) is 7.18. The Labute approximate surface area is 69.4 Å². The van der Waals surface area contributed by atoms with Crippen molar-refractivity contribution in [1.82, 2.24) is 5.01 Å². The van der Waals surface area contributed by atoms with E-state index in [1.807, 2.05) is 0 Å². The van der Waals surface area contributed by atoms with Crippen molar-refractivity contribution in [1.29, 1.82) is 0 Å². The van der Waals surface area contributed by atoms with Crippen molar-refractivity contribution in [3.8, 4) is 0 Å². The van der Waals surface area contributed by atoms with Gasteiger partial charge in [0.2, 0.25) is 0 Å². The molecule has 0 saturated carbocycles. The van der Waals surface area contributed by atoms with E-state index in [-0.39, 0.29) is 6.21 Å².